The number of halogens is 2. The van der Waals surface area contributed by atoms with E-state index in [1.807, 2.05) is 6.56 Å². The first-order valence-corrected chi connectivity index (χ1v) is 22.5. The molecule has 0 N–H and O–H groups in total. The zero-order valence-corrected chi connectivity index (χ0v) is 21.5. The van der Waals surface area contributed by atoms with E-state index in [0.717, 1.165) is 0 Å². The Balaban J connectivity index is 0.00000264. The van der Waals surface area contributed by atoms with Gasteiger partial charge in [-0.25, -0.2) is 0 Å². The van der Waals surface area contributed by atoms with Gasteiger partial charge in [0.05, 0.1) is 0 Å². The molecule has 0 radical (unpaired) electrons. The van der Waals surface area contributed by atoms with Crippen molar-refractivity contribution < 1.29 is 17.4 Å². The van der Waals surface area contributed by atoms with E-state index in [2.05, 4.69) is 54.3 Å². The molecule has 0 spiro atoms. The van der Waals surface area contributed by atoms with E-state index < -0.39 is 17.4 Å². The number of hydrogen-bond donors (Lipinski definition) is 0. The first-order chi connectivity index (χ1) is 10.4. The number of unbranched alkanes of at least 4 members (excludes halogenated alkanes) is 2. The smallest absolute Gasteiger partial charge is 0.147 e. The SMILES string of the molecule is CCCCC1=CC[C]([Zr]([CH3])([CH3])(=[SiH2])[C]2=CC(CCCC)=CC2)=C1.Cl.Cl. The van der Waals surface area contributed by atoms with Crippen molar-refractivity contribution in [3.05, 3.63) is 42.0 Å². The van der Waals surface area contributed by atoms with E-state index in [4.69, 9.17) is 0 Å². The Labute approximate surface area is 164 Å². The fourth-order valence-electron chi connectivity index (χ4n) is 3.60. The third-order valence-corrected chi connectivity index (χ3v) is 22.8. The number of allylic oxidation sites excluding steroid dienone is 8. The summed E-state index contributed by atoms with van der Waals surface area (Å²) in [6, 6.07) is 0. The summed E-state index contributed by atoms with van der Waals surface area (Å²) in [5.74, 6) is 0. The first-order valence-electron chi connectivity index (χ1n) is 9.23. The van der Waals surface area contributed by atoms with E-state index >= 15 is 0 Å². The second-order valence-electron chi connectivity index (χ2n) is 8.20. The van der Waals surface area contributed by atoms with Crippen molar-refractivity contribution >= 4 is 31.7 Å². The molecule has 2 rings (SSSR count). The second-order valence-corrected chi connectivity index (χ2v) is 37.1. The molecule has 0 saturated carbocycles. The summed E-state index contributed by atoms with van der Waals surface area (Å²) in [7, 11) is 0. The Bertz CT molecular complexity index is 570. The van der Waals surface area contributed by atoms with Crippen LogP contribution >= 0.6 is 24.8 Å². The van der Waals surface area contributed by atoms with Gasteiger partial charge in [-0.2, -0.15) is 0 Å². The van der Waals surface area contributed by atoms with Crippen LogP contribution in [0.2, 0.25) is 9.26 Å². The van der Waals surface area contributed by atoms with Gasteiger partial charge in [0.15, 0.2) is 0 Å². The van der Waals surface area contributed by atoms with Crippen LogP contribution in [0.1, 0.15) is 65.2 Å². The molecule has 0 heterocycles. The van der Waals surface area contributed by atoms with Crippen LogP contribution in [-0.2, 0) is 17.4 Å². The summed E-state index contributed by atoms with van der Waals surface area (Å²) in [5, 5.41) is 0. The third kappa shape index (κ3) is 5.83. The normalized spacial score (nSPS) is 17.4. The van der Waals surface area contributed by atoms with Gasteiger partial charge in [-0.15, -0.1) is 24.8 Å². The average Bonchev–Trinajstić information content (AvgIpc) is 3.12. The molecule has 0 aromatic carbocycles. The molecule has 0 atom stereocenters. The van der Waals surface area contributed by atoms with E-state index in [1.54, 1.807) is 11.1 Å². The molecular formula is C20H36Cl2SiZr. The van der Waals surface area contributed by atoms with Crippen LogP contribution < -0.4 is 0 Å². The maximum atomic E-state index is 2.66. The molecule has 2 aliphatic rings. The molecule has 0 unspecified atom stereocenters. The van der Waals surface area contributed by atoms with Crippen molar-refractivity contribution in [2.24, 2.45) is 0 Å². The molecule has 24 heavy (non-hydrogen) atoms. The van der Waals surface area contributed by atoms with Gasteiger partial charge in [-0.05, 0) is 0 Å². The monoisotopic (exact) mass is 464 g/mol. The largest absolute Gasteiger partial charge is 0.147 e. The Morgan fingerprint density at radius 1 is 0.833 bits per heavy atom. The van der Waals surface area contributed by atoms with Crippen LogP contribution in [0.25, 0.3) is 0 Å². The molecular weight excluding hydrogens is 430 g/mol. The Morgan fingerprint density at radius 3 is 1.54 bits per heavy atom. The van der Waals surface area contributed by atoms with Gasteiger partial charge in [0, 0.05) is 0 Å². The van der Waals surface area contributed by atoms with Crippen molar-refractivity contribution in [1.82, 2.24) is 0 Å². The molecule has 138 valence electrons. The van der Waals surface area contributed by atoms with Gasteiger partial charge in [0.2, 0.25) is 0 Å². The summed E-state index contributed by atoms with van der Waals surface area (Å²) < 4.78 is 8.96. The summed E-state index contributed by atoms with van der Waals surface area (Å²) in [6.45, 7) is 6.98. The van der Waals surface area contributed by atoms with Crippen LogP contribution in [0, 0.1) is 0 Å². The predicted molar refractivity (Wildman–Crippen MR) is 115 cm³/mol. The quantitative estimate of drug-likeness (QED) is 0.339. The summed E-state index contributed by atoms with van der Waals surface area (Å²) in [6.07, 6.45) is 20.6. The van der Waals surface area contributed by atoms with Crippen molar-refractivity contribution in [2.75, 3.05) is 0 Å². The summed E-state index contributed by atoms with van der Waals surface area (Å²) in [4.78, 5) is 0. The molecule has 2 aliphatic carbocycles. The maximum Gasteiger partial charge on any atom is -0.147 e. The van der Waals surface area contributed by atoms with Crippen LogP contribution in [0.15, 0.2) is 42.0 Å². The average molecular weight is 467 g/mol. The minimum atomic E-state index is -2.83. The van der Waals surface area contributed by atoms with Crippen molar-refractivity contribution in [3.63, 3.8) is 0 Å². The van der Waals surface area contributed by atoms with Gasteiger partial charge in [-0.3, -0.25) is 0 Å². The molecule has 0 aromatic heterocycles. The van der Waals surface area contributed by atoms with Crippen LogP contribution in [0.4, 0.5) is 0 Å². The Morgan fingerprint density at radius 2 is 1.21 bits per heavy atom. The minimum Gasteiger partial charge on any atom is -0.147 e. The third-order valence-electron chi connectivity index (χ3n) is 5.59. The van der Waals surface area contributed by atoms with E-state index in [-0.39, 0.29) is 24.8 Å². The standard InChI is InChI=1S/2C9H13.2CH3.2ClH.H2Si.Zr/c2*1-2-3-6-9-7-4-5-8-9;;;;;;/h2*7-8H,2-4,6H2,1H3;2*1H3;2*1H;1H2;. The molecule has 0 bridgehead atoms. The van der Waals surface area contributed by atoms with Gasteiger partial charge >= 0.3 is 141 Å². The van der Waals surface area contributed by atoms with E-state index in [1.165, 1.54) is 51.4 Å². The summed E-state index contributed by atoms with van der Waals surface area (Å²) >= 11 is -2.83. The van der Waals surface area contributed by atoms with Crippen molar-refractivity contribution in [3.8, 4) is 0 Å². The topological polar surface area (TPSA) is 0 Å². The van der Waals surface area contributed by atoms with Gasteiger partial charge in [0.25, 0.3) is 0 Å². The van der Waals surface area contributed by atoms with E-state index in [9.17, 15) is 0 Å². The maximum absolute atomic E-state index is 2.83. The first kappa shape index (κ1) is 24.6. The minimum absolute atomic E-state index is 0. The van der Waals surface area contributed by atoms with Crippen LogP contribution in [0.5, 0.6) is 0 Å². The van der Waals surface area contributed by atoms with Gasteiger partial charge in [-0.1, -0.05) is 0 Å². The zero-order valence-electron chi connectivity index (χ0n) is 16.0. The Kier molecular flexibility index (Phi) is 10.4. The van der Waals surface area contributed by atoms with Crippen molar-refractivity contribution in [1.29, 1.82) is 0 Å². The van der Waals surface area contributed by atoms with Gasteiger partial charge < -0.3 is 0 Å². The van der Waals surface area contributed by atoms with Gasteiger partial charge in [0.1, 0.15) is 0 Å². The Hall–Kier alpha value is 0.640. The fraction of sp³-hybridized carbons (Fsp3) is 0.600. The zero-order chi connectivity index (χ0) is 16.2. The molecule has 0 aromatic rings. The second kappa shape index (κ2) is 10.1. The summed E-state index contributed by atoms with van der Waals surface area (Å²) in [5.41, 5.74) is 3.23. The molecule has 0 nitrogen and oxygen atoms in total. The number of hydrogen-bond acceptors (Lipinski definition) is 0. The predicted octanol–water partition coefficient (Wildman–Crippen LogP) is 6.97. The molecule has 0 saturated heterocycles. The van der Waals surface area contributed by atoms with E-state index in [0.29, 0.717) is 0 Å². The molecule has 0 amide bonds. The molecule has 4 heteroatoms. The van der Waals surface area contributed by atoms with Crippen molar-refractivity contribution in [2.45, 2.75) is 74.5 Å². The van der Waals surface area contributed by atoms with Crippen LogP contribution in [-0.4, -0.2) is 6.88 Å². The fourth-order valence-corrected chi connectivity index (χ4v) is 14.4. The molecule has 0 aliphatic heterocycles. The van der Waals surface area contributed by atoms with Crippen LogP contribution in [0.3, 0.4) is 0 Å². The number of rotatable bonds is 8. The molecule has 0 fully saturated rings.